The Morgan fingerprint density at radius 3 is 2.44 bits per heavy atom. The number of hydrogen-bond acceptors (Lipinski definition) is 1. The van der Waals surface area contributed by atoms with Gasteiger partial charge >= 0.3 is 0 Å². The molecule has 1 aliphatic carbocycles. The van der Waals surface area contributed by atoms with Gasteiger partial charge < -0.3 is 5.32 Å². The van der Waals surface area contributed by atoms with Crippen molar-refractivity contribution in [1.82, 2.24) is 5.32 Å². The maximum atomic E-state index is 3.58. The first-order valence-corrected chi connectivity index (χ1v) is 7.03. The molecule has 1 N–H and O–H groups in total. The Balaban J connectivity index is 2.05. The zero-order chi connectivity index (χ0) is 11.4. The third-order valence-electron chi connectivity index (χ3n) is 3.66. The van der Waals surface area contributed by atoms with Crippen molar-refractivity contribution < 1.29 is 0 Å². The molecule has 0 atom stereocenters. The van der Waals surface area contributed by atoms with Crippen molar-refractivity contribution in [2.45, 2.75) is 38.0 Å². The van der Waals surface area contributed by atoms with Crippen LogP contribution in [0.1, 0.15) is 38.2 Å². The smallest absolute Gasteiger partial charge is 0.0175 e. The molecule has 0 amide bonds. The van der Waals surface area contributed by atoms with E-state index in [0.717, 1.165) is 13.1 Å². The van der Waals surface area contributed by atoms with Crippen molar-refractivity contribution in [3.05, 3.63) is 34.3 Å². The highest BCUT2D eigenvalue weighted by Gasteiger charge is 2.37. The van der Waals surface area contributed by atoms with Crippen LogP contribution in [0, 0.1) is 0 Å². The van der Waals surface area contributed by atoms with E-state index in [4.69, 9.17) is 0 Å². The van der Waals surface area contributed by atoms with Gasteiger partial charge in [0.15, 0.2) is 0 Å². The lowest BCUT2D eigenvalue weighted by Gasteiger charge is -2.43. The Hall–Kier alpha value is -0.340. The highest BCUT2D eigenvalue weighted by molar-refractivity contribution is 9.10. The summed E-state index contributed by atoms with van der Waals surface area (Å²) in [5.41, 5.74) is 1.93. The van der Waals surface area contributed by atoms with E-state index < -0.39 is 0 Å². The largest absolute Gasteiger partial charge is 0.316 e. The average molecular weight is 282 g/mol. The van der Waals surface area contributed by atoms with Gasteiger partial charge in [-0.1, -0.05) is 41.4 Å². The van der Waals surface area contributed by atoms with Gasteiger partial charge in [0.25, 0.3) is 0 Å². The molecule has 1 nitrogen and oxygen atoms in total. The summed E-state index contributed by atoms with van der Waals surface area (Å²) >= 11 is 3.50. The second-order valence-corrected chi connectivity index (χ2v) is 5.73. The number of hydrogen-bond donors (Lipinski definition) is 1. The van der Waals surface area contributed by atoms with E-state index >= 15 is 0 Å². The summed E-state index contributed by atoms with van der Waals surface area (Å²) in [6, 6.07) is 8.87. The predicted octanol–water partition coefficient (Wildman–Crippen LogP) is 3.87. The van der Waals surface area contributed by atoms with E-state index in [1.807, 2.05) is 0 Å². The fourth-order valence-electron chi connectivity index (χ4n) is 2.48. The summed E-state index contributed by atoms with van der Waals surface area (Å²) in [5.74, 6) is 0. The normalized spacial score (nSPS) is 18.1. The Morgan fingerprint density at radius 2 is 1.94 bits per heavy atom. The van der Waals surface area contributed by atoms with Crippen molar-refractivity contribution in [3.8, 4) is 0 Å². The maximum Gasteiger partial charge on any atom is 0.0175 e. The Kier molecular flexibility index (Phi) is 4.04. The van der Waals surface area contributed by atoms with Crippen LogP contribution in [0.15, 0.2) is 28.7 Å². The molecule has 0 aliphatic heterocycles. The van der Waals surface area contributed by atoms with Gasteiger partial charge in [0.1, 0.15) is 0 Å². The SMILES string of the molecule is CCCNCC1(c2ccc(Br)cc2)CCC1. The molecular weight excluding hydrogens is 262 g/mol. The molecular formula is C14H20BrN. The quantitative estimate of drug-likeness (QED) is 0.808. The van der Waals surface area contributed by atoms with Crippen LogP contribution >= 0.6 is 15.9 Å². The maximum absolute atomic E-state index is 3.58. The van der Waals surface area contributed by atoms with Gasteiger partial charge in [0.2, 0.25) is 0 Å². The van der Waals surface area contributed by atoms with E-state index in [-0.39, 0.29) is 0 Å². The molecule has 88 valence electrons. The minimum atomic E-state index is 0.426. The molecule has 1 aromatic rings. The standard InChI is InChI=1S/C14H20BrN/c1-2-10-16-11-14(8-3-9-14)12-4-6-13(15)7-5-12/h4-7,16H,2-3,8-11H2,1H3. The van der Waals surface area contributed by atoms with Crippen LogP contribution in [0.2, 0.25) is 0 Å². The Morgan fingerprint density at radius 1 is 1.25 bits per heavy atom. The highest BCUT2D eigenvalue weighted by Crippen LogP contribution is 2.43. The highest BCUT2D eigenvalue weighted by atomic mass is 79.9. The van der Waals surface area contributed by atoms with E-state index in [2.05, 4.69) is 52.4 Å². The Labute approximate surface area is 107 Å². The number of nitrogens with one attached hydrogen (secondary N) is 1. The molecule has 0 heterocycles. The molecule has 1 saturated carbocycles. The predicted molar refractivity (Wildman–Crippen MR) is 72.8 cm³/mol. The van der Waals surface area contributed by atoms with E-state index in [9.17, 15) is 0 Å². The summed E-state index contributed by atoms with van der Waals surface area (Å²) in [6.07, 6.45) is 5.27. The van der Waals surface area contributed by atoms with E-state index in [0.29, 0.717) is 5.41 Å². The van der Waals surface area contributed by atoms with Gasteiger partial charge in [-0.15, -0.1) is 0 Å². The third-order valence-corrected chi connectivity index (χ3v) is 4.19. The number of rotatable bonds is 5. The van der Waals surface area contributed by atoms with Crippen molar-refractivity contribution in [2.24, 2.45) is 0 Å². The second-order valence-electron chi connectivity index (χ2n) is 4.82. The van der Waals surface area contributed by atoms with Gasteiger partial charge in [-0.3, -0.25) is 0 Å². The molecule has 0 bridgehead atoms. The van der Waals surface area contributed by atoms with Gasteiger partial charge in [-0.2, -0.15) is 0 Å². The van der Waals surface area contributed by atoms with Gasteiger partial charge in [0, 0.05) is 16.4 Å². The van der Waals surface area contributed by atoms with Crippen molar-refractivity contribution >= 4 is 15.9 Å². The summed E-state index contributed by atoms with van der Waals surface area (Å²) in [4.78, 5) is 0. The molecule has 1 fully saturated rings. The topological polar surface area (TPSA) is 12.0 Å². The lowest BCUT2D eigenvalue weighted by atomic mass is 9.64. The summed E-state index contributed by atoms with van der Waals surface area (Å²) in [5, 5.41) is 3.58. The van der Waals surface area contributed by atoms with Crippen LogP contribution in [-0.4, -0.2) is 13.1 Å². The summed E-state index contributed by atoms with van der Waals surface area (Å²) in [6.45, 7) is 4.50. The molecule has 1 aliphatic rings. The van der Waals surface area contributed by atoms with Gasteiger partial charge in [-0.25, -0.2) is 0 Å². The first-order valence-electron chi connectivity index (χ1n) is 6.24. The van der Waals surface area contributed by atoms with Crippen LogP contribution in [0.4, 0.5) is 0 Å². The molecule has 2 rings (SSSR count). The lowest BCUT2D eigenvalue weighted by Crippen LogP contribution is -2.44. The van der Waals surface area contributed by atoms with Crippen LogP contribution in [-0.2, 0) is 5.41 Å². The van der Waals surface area contributed by atoms with Crippen molar-refractivity contribution in [2.75, 3.05) is 13.1 Å². The first kappa shape index (κ1) is 12.1. The molecule has 16 heavy (non-hydrogen) atoms. The molecule has 0 spiro atoms. The van der Waals surface area contributed by atoms with Crippen LogP contribution < -0.4 is 5.32 Å². The summed E-state index contributed by atoms with van der Waals surface area (Å²) in [7, 11) is 0. The molecule has 0 aromatic heterocycles. The van der Waals surface area contributed by atoms with E-state index in [1.165, 1.54) is 35.7 Å². The zero-order valence-electron chi connectivity index (χ0n) is 9.93. The number of benzene rings is 1. The average Bonchev–Trinajstić information content (AvgIpc) is 2.24. The number of halogens is 1. The van der Waals surface area contributed by atoms with Crippen molar-refractivity contribution in [1.29, 1.82) is 0 Å². The van der Waals surface area contributed by atoms with Gasteiger partial charge in [0.05, 0.1) is 0 Å². The molecule has 0 unspecified atom stereocenters. The molecule has 0 saturated heterocycles. The zero-order valence-corrected chi connectivity index (χ0v) is 11.5. The fraction of sp³-hybridized carbons (Fsp3) is 0.571. The van der Waals surface area contributed by atoms with E-state index in [1.54, 1.807) is 0 Å². The van der Waals surface area contributed by atoms with Crippen LogP contribution in [0.25, 0.3) is 0 Å². The molecule has 2 heteroatoms. The minimum absolute atomic E-state index is 0.426. The minimum Gasteiger partial charge on any atom is -0.316 e. The van der Waals surface area contributed by atoms with Crippen LogP contribution in [0.5, 0.6) is 0 Å². The third kappa shape index (κ3) is 2.49. The monoisotopic (exact) mass is 281 g/mol. The van der Waals surface area contributed by atoms with Crippen LogP contribution in [0.3, 0.4) is 0 Å². The Bertz CT molecular complexity index is 327. The molecule has 1 aromatic carbocycles. The van der Waals surface area contributed by atoms with Gasteiger partial charge in [-0.05, 0) is 43.5 Å². The summed E-state index contributed by atoms with van der Waals surface area (Å²) < 4.78 is 1.17. The lowest BCUT2D eigenvalue weighted by molar-refractivity contribution is 0.234. The molecule has 0 radical (unpaired) electrons. The fourth-order valence-corrected chi connectivity index (χ4v) is 2.74. The van der Waals surface area contributed by atoms with Crippen molar-refractivity contribution in [3.63, 3.8) is 0 Å². The second kappa shape index (κ2) is 5.33. The first-order chi connectivity index (χ1) is 7.77.